The third-order valence-electron chi connectivity index (χ3n) is 4.58. The van der Waals surface area contributed by atoms with Crippen LogP contribution in [-0.4, -0.2) is 28.6 Å². The number of thiocarbonyl (C=S) groups is 2. The lowest BCUT2D eigenvalue weighted by molar-refractivity contribution is -0.119. The van der Waals surface area contributed by atoms with Crippen molar-refractivity contribution < 1.29 is 14.3 Å². The van der Waals surface area contributed by atoms with Crippen molar-refractivity contribution in [1.82, 2.24) is 10.6 Å². The van der Waals surface area contributed by atoms with Gasteiger partial charge >= 0.3 is 0 Å². The lowest BCUT2D eigenvalue weighted by Gasteiger charge is -2.12. The summed E-state index contributed by atoms with van der Waals surface area (Å²) < 4.78 is 5.70. The molecule has 0 radical (unpaired) electrons. The zero-order valence-corrected chi connectivity index (χ0v) is 20.5. The van der Waals surface area contributed by atoms with E-state index in [2.05, 4.69) is 28.2 Å². The molecular weight excluding hydrogens is 456 g/mol. The standard InChI is InChI=1S/C24H30N4O3S2/c1-3-5-6-7-16-31-20-14-8-17(9-15-20)22(30)28-24(33)26-19-12-10-18(11-13-19)25-23(32)27-21(29)4-2/h8-15H,3-7,16H2,1-2H3,(H2,25,27,29,32)(H2,26,28,30,33). The Labute approximate surface area is 205 Å². The summed E-state index contributed by atoms with van der Waals surface area (Å²) in [4.78, 5) is 23.8. The van der Waals surface area contributed by atoms with Gasteiger partial charge in [0, 0.05) is 23.4 Å². The molecule has 176 valence electrons. The van der Waals surface area contributed by atoms with Gasteiger partial charge in [0.1, 0.15) is 5.75 Å². The smallest absolute Gasteiger partial charge is 0.257 e. The van der Waals surface area contributed by atoms with Gasteiger partial charge in [0.05, 0.1) is 6.61 Å². The van der Waals surface area contributed by atoms with Gasteiger partial charge in [-0.2, -0.15) is 0 Å². The van der Waals surface area contributed by atoms with Crippen molar-refractivity contribution in [2.75, 3.05) is 17.2 Å². The first-order valence-electron chi connectivity index (χ1n) is 11.0. The number of amides is 2. The third-order valence-corrected chi connectivity index (χ3v) is 4.99. The summed E-state index contributed by atoms with van der Waals surface area (Å²) in [5, 5.41) is 11.5. The molecule has 2 aromatic carbocycles. The van der Waals surface area contributed by atoms with Crippen LogP contribution in [0.2, 0.25) is 0 Å². The van der Waals surface area contributed by atoms with Crippen LogP contribution in [0.15, 0.2) is 48.5 Å². The van der Waals surface area contributed by atoms with E-state index < -0.39 is 0 Å². The largest absolute Gasteiger partial charge is 0.494 e. The van der Waals surface area contributed by atoms with Crippen LogP contribution >= 0.6 is 24.4 Å². The van der Waals surface area contributed by atoms with Gasteiger partial charge in [-0.25, -0.2) is 0 Å². The minimum atomic E-state index is -0.308. The second-order valence-electron chi connectivity index (χ2n) is 7.27. The van der Waals surface area contributed by atoms with Gasteiger partial charge in [-0.05, 0) is 79.4 Å². The van der Waals surface area contributed by atoms with Crippen molar-refractivity contribution in [3.63, 3.8) is 0 Å². The maximum atomic E-state index is 12.4. The van der Waals surface area contributed by atoms with Crippen LogP contribution < -0.4 is 26.0 Å². The predicted octanol–water partition coefficient (Wildman–Crippen LogP) is 5.00. The summed E-state index contributed by atoms with van der Waals surface area (Å²) >= 11 is 10.3. The molecule has 0 aliphatic heterocycles. The van der Waals surface area contributed by atoms with Crippen molar-refractivity contribution in [3.05, 3.63) is 54.1 Å². The summed E-state index contributed by atoms with van der Waals surface area (Å²) in [5.41, 5.74) is 1.89. The van der Waals surface area contributed by atoms with E-state index in [1.807, 2.05) is 0 Å². The fraction of sp³-hybridized carbons (Fsp3) is 0.333. The Morgan fingerprint density at radius 1 is 0.788 bits per heavy atom. The fourth-order valence-electron chi connectivity index (χ4n) is 2.77. The lowest BCUT2D eigenvalue weighted by Crippen LogP contribution is -2.34. The van der Waals surface area contributed by atoms with Crippen LogP contribution in [0.4, 0.5) is 11.4 Å². The normalized spacial score (nSPS) is 10.1. The highest BCUT2D eigenvalue weighted by Gasteiger charge is 2.09. The van der Waals surface area contributed by atoms with Crippen LogP contribution in [0.5, 0.6) is 5.75 Å². The molecule has 33 heavy (non-hydrogen) atoms. The number of hydrogen-bond donors (Lipinski definition) is 4. The van der Waals surface area contributed by atoms with E-state index in [0.29, 0.717) is 30.0 Å². The van der Waals surface area contributed by atoms with Crippen LogP contribution in [0.25, 0.3) is 0 Å². The maximum Gasteiger partial charge on any atom is 0.257 e. The number of anilines is 2. The van der Waals surface area contributed by atoms with E-state index in [0.717, 1.165) is 18.6 Å². The molecule has 0 spiro atoms. The van der Waals surface area contributed by atoms with Crippen molar-refractivity contribution in [2.24, 2.45) is 0 Å². The SMILES string of the molecule is CCCCCCOc1ccc(C(=O)NC(=S)Nc2ccc(NC(=S)NC(=O)CC)cc2)cc1. The molecule has 0 aromatic heterocycles. The first-order chi connectivity index (χ1) is 15.9. The van der Waals surface area contributed by atoms with Crippen molar-refractivity contribution in [1.29, 1.82) is 0 Å². The zero-order chi connectivity index (χ0) is 24.1. The van der Waals surface area contributed by atoms with Gasteiger partial charge in [0.2, 0.25) is 5.91 Å². The predicted molar refractivity (Wildman–Crippen MR) is 141 cm³/mol. The highest BCUT2D eigenvalue weighted by Crippen LogP contribution is 2.15. The molecule has 0 atom stereocenters. The minimum Gasteiger partial charge on any atom is -0.494 e. The van der Waals surface area contributed by atoms with Crippen molar-refractivity contribution >= 4 is 57.8 Å². The molecule has 0 saturated carbocycles. The Balaban J connectivity index is 1.78. The van der Waals surface area contributed by atoms with Crippen LogP contribution in [0, 0.1) is 0 Å². The number of hydrogen-bond acceptors (Lipinski definition) is 5. The van der Waals surface area contributed by atoms with Crippen LogP contribution in [-0.2, 0) is 4.79 Å². The first kappa shape index (κ1) is 26.2. The highest BCUT2D eigenvalue weighted by atomic mass is 32.1. The molecule has 0 saturated heterocycles. The molecule has 4 N–H and O–H groups in total. The summed E-state index contributed by atoms with van der Waals surface area (Å²) in [6, 6.07) is 14.1. The highest BCUT2D eigenvalue weighted by molar-refractivity contribution is 7.80. The molecule has 2 amide bonds. The van der Waals surface area contributed by atoms with E-state index >= 15 is 0 Å². The molecule has 0 fully saturated rings. The average Bonchev–Trinajstić information content (AvgIpc) is 2.80. The molecule has 0 bridgehead atoms. The number of unbranched alkanes of at least 4 members (excludes halogenated alkanes) is 3. The van der Waals surface area contributed by atoms with Crippen molar-refractivity contribution in [3.8, 4) is 5.75 Å². The Bertz CT molecular complexity index is 947. The molecule has 0 heterocycles. The van der Waals surface area contributed by atoms with Crippen LogP contribution in [0.3, 0.4) is 0 Å². The van der Waals surface area contributed by atoms with Gasteiger partial charge in [-0.15, -0.1) is 0 Å². The Kier molecular flexibility index (Phi) is 11.3. The monoisotopic (exact) mass is 486 g/mol. The second kappa shape index (κ2) is 14.2. The zero-order valence-electron chi connectivity index (χ0n) is 18.9. The van der Waals surface area contributed by atoms with E-state index in [-0.39, 0.29) is 22.0 Å². The number of carbonyl (C=O) groups is 2. The molecule has 2 aromatic rings. The van der Waals surface area contributed by atoms with E-state index in [4.69, 9.17) is 29.2 Å². The molecule has 0 aliphatic rings. The summed E-state index contributed by atoms with van der Waals surface area (Å²) in [7, 11) is 0. The average molecular weight is 487 g/mol. The number of nitrogens with one attached hydrogen (secondary N) is 4. The number of ether oxygens (including phenoxy) is 1. The van der Waals surface area contributed by atoms with Gasteiger partial charge in [0.15, 0.2) is 10.2 Å². The number of carbonyl (C=O) groups excluding carboxylic acids is 2. The Hall–Kier alpha value is -3.04. The molecule has 7 nitrogen and oxygen atoms in total. The second-order valence-corrected chi connectivity index (χ2v) is 8.09. The van der Waals surface area contributed by atoms with E-state index in [9.17, 15) is 9.59 Å². The quantitative estimate of drug-likeness (QED) is 0.278. The summed E-state index contributed by atoms with van der Waals surface area (Å²) in [6.45, 7) is 4.60. The maximum absolute atomic E-state index is 12.4. The molecule has 9 heteroatoms. The third kappa shape index (κ3) is 9.97. The Morgan fingerprint density at radius 3 is 1.91 bits per heavy atom. The molecular formula is C24H30N4O3S2. The Morgan fingerprint density at radius 2 is 1.36 bits per heavy atom. The van der Waals surface area contributed by atoms with Crippen LogP contribution in [0.1, 0.15) is 56.3 Å². The number of benzene rings is 2. The fourth-order valence-corrected chi connectivity index (χ4v) is 3.22. The van der Waals surface area contributed by atoms with Crippen molar-refractivity contribution in [2.45, 2.75) is 46.0 Å². The van der Waals surface area contributed by atoms with E-state index in [1.165, 1.54) is 12.8 Å². The summed E-state index contributed by atoms with van der Waals surface area (Å²) in [6.07, 6.45) is 4.94. The lowest BCUT2D eigenvalue weighted by atomic mass is 10.2. The number of rotatable bonds is 10. The summed E-state index contributed by atoms with van der Waals surface area (Å²) in [5.74, 6) is 0.278. The van der Waals surface area contributed by atoms with Gasteiger partial charge in [0.25, 0.3) is 5.91 Å². The molecule has 0 unspecified atom stereocenters. The van der Waals surface area contributed by atoms with Gasteiger partial charge in [-0.3, -0.25) is 14.9 Å². The van der Waals surface area contributed by atoms with E-state index in [1.54, 1.807) is 55.5 Å². The minimum absolute atomic E-state index is 0.156. The van der Waals surface area contributed by atoms with Gasteiger partial charge < -0.3 is 20.7 Å². The molecule has 2 rings (SSSR count). The molecule has 0 aliphatic carbocycles. The van der Waals surface area contributed by atoms with Gasteiger partial charge in [-0.1, -0.05) is 33.1 Å². The topological polar surface area (TPSA) is 91.5 Å². The first-order valence-corrected chi connectivity index (χ1v) is 11.8.